The van der Waals surface area contributed by atoms with Crippen LogP contribution in [0.4, 0.5) is 5.69 Å². The molecule has 1 aromatic heterocycles. The summed E-state index contributed by atoms with van der Waals surface area (Å²) in [7, 11) is 0. The Morgan fingerprint density at radius 3 is 2.83 bits per heavy atom. The van der Waals surface area contributed by atoms with Crippen molar-refractivity contribution in [2.45, 2.75) is 13.5 Å². The summed E-state index contributed by atoms with van der Waals surface area (Å²) >= 11 is 5.23. The van der Waals surface area contributed by atoms with E-state index in [-0.39, 0.29) is 18.0 Å². The van der Waals surface area contributed by atoms with Crippen LogP contribution >= 0.6 is 38.5 Å². The largest absolute Gasteiger partial charge is 0.298 e. The van der Waals surface area contributed by atoms with E-state index in [0.29, 0.717) is 19.1 Å². The van der Waals surface area contributed by atoms with E-state index in [0.717, 1.165) is 0 Å². The van der Waals surface area contributed by atoms with Gasteiger partial charge in [-0.2, -0.15) is 5.10 Å². The van der Waals surface area contributed by atoms with E-state index < -0.39 is 4.92 Å². The number of non-ortho nitro benzene ring substituents is 1. The fourth-order valence-electron chi connectivity index (χ4n) is 1.69. The number of Topliss-reactive ketones (excluding diaryl/α,β-unsaturated/α-hetero) is 1. The predicted octanol–water partition coefficient (Wildman–Crippen LogP) is 2.90. The molecule has 94 valence electrons. The molecular weight excluding hydrogens is 417 g/mol. The van der Waals surface area contributed by atoms with Crippen LogP contribution in [0.15, 0.2) is 16.6 Å². The third-order valence-electron chi connectivity index (χ3n) is 2.31. The van der Waals surface area contributed by atoms with E-state index in [9.17, 15) is 14.9 Å². The summed E-state index contributed by atoms with van der Waals surface area (Å²) in [5.41, 5.74) is 0.318. The van der Waals surface area contributed by atoms with E-state index in [4.69, 9.17) is 0 Å². The van der Waals surface area contributed by atoms with Crippen LogP contribution in [0.25, 0.3) is 10.9 Å². The molecule has 0 unspecified atom stereocenters. The number of nitro groups is 1. The Morgan fingerprint density at radius 2 is 2.28 bits per heavy atom. The van der Waals surface area contributed by atoms with Crippen molar-refractivity contribution >= 4 is 60.9 Å². The van der Waals surface area contributed by atoms with Gasteiger partial charge < -0.3 is 0 Å². The summed E-state index contributed by atoms with van der Waals surface area (Å²) in [5, 5.41) is 15.9. The van der Waals surface area contributed by atoms with Gasteiger partial charge in [-0.25, -0.2) is 4.68 Å². The summed E-state index contributed by atoms with van der Waals surface area (Å²) in [6, 6.07) is 3.17. The number of aromatic nitrogens is 2. The number of ketones is 1. The molecule has 8 heteroatoms. The number of hydrogen-bond acceptors (Lipinski definition) is 4. The number of rotatable bonds is 3. The minimum absolute atomic E-state index is 0.0297. The van der Waals surface area contributed by atoms with Gasteiger partial charge in [-0.15, -0.1) is 0 Å². The van der Waals surface area contributed by atoms with Crippen molar-refractivity contribution < 1.29 is 9.72 Å². The van der Waals surface area contributed by atoms with Crippen LogP contribution in [0.2, 0.25) is 0 Å². The van der Waals surface area contributed by atoms with Crippen LogP contribution in [0.1, 0.15) is 6.92 Å². The number of benzene rings is 1. The smallest absolute Gasteiger partial charge is 0.296 e. The molecule has 0 bridgehead atoms. The average Bonchev–Trinajstić information content (AvgIpc) is 2.53. The lowest BCUT2D eigenvalue weighted by Gasteiger charge is -2.01. The summed E-state index contributed by atoms with van der Waals surface area (Å²) < 4.78 is 2.62. The minimum Gasteiger partial charge on any atom is -0.298 e. The van der Waals surface area contributed by atoms with Gasteiger partial charge in [0.25, 0.3) is 5.69 Å². The van der Waals surface area contributed by atoms with Crippen molar-refractivity contribution in [3.8, 4) is 0 Å². The van der Waals surface area contributed by atoms with Crippen molar-refractivity contribution in [3.05, 3.63) is 30.4 Å². The number of nitrogens with zero attached hydrogens (tertiary/aromatic N) is 3. The van der Waals surface area contributed by atoms with E-state index in [1.807, 2.05) is 22.6 Å². The Morgan fingerprint density at radius 1 is 1.61 bits per heavy atom. The second kappa shape index (κ2) is 4.92. The molecule has 18 heavy (non-hydrogen) atoms. The van der Waals surface area contributed by atoms with Gasteiger partial charge in [0.05, 0.1) is 4.92 Å². The first-order valence-electron chi connectivity index (χ1n) is 4.89. The zero-order valence-electron chi connectivity index (χ0n) is 9.18. The normalized spacial score (nSPS) is 10.8. The van der Waals surface area contributed by atoms with Crippen LogP contribution < -0.4 is 0 Å². The zero-order valence-corrected chi connectivity index (χ0v) is 12.9. The fourth-order valence-corrected chi connectivity index (χ4v) is 2.81. The molecule has 0 amide bonds. The summed E-state index contributed by atoms with van der Waals surface area (Å²) in [6.07, 6.45) is 0. The Kier molecular flexibility index (Phi) is 3.66. The third-order valence-corrected chi connectivity index (χ3v) is 3.57. The van der Waals surface area contributed by atoms with Crippen LogP contribution in [0.5, 0.6) is 0 Å². The molecule has 0 radical (unpaired) electrons. The Balaban J connectivity index is 2.81. The molecule has 0 spiro atoms. The highest BCUT2D eigenvalue weighted by molar-refractivity contribution is 14.1. The third kappa shape index (κ3) is 2.39. The van der Waals surface area contributed by atoms with Crippen LogP contribution in [-0.2, 0) is 11.3 Å². The standard InChI is InChI=1S/C10H7BrIN3O3/c1-5(16)4-14-9-7(10(12)13-14)2-6(11)3-8(9)15(17)18/h2-3H,4H2,1H3. The van der Waals surface area contributed by atoms with E-state index in [1.54, 1.807) is 6.07 Å². The highest BCUT2D eigenvalue weighted by Crippen LogP contribution is 2.32. The molecular formula is C10H7BrIN3O3. The lowest BCUT2D eigenvalue weighted by atomic mass is 10.2. The number of hydrogen-bond donors (Lipinski definition) is 0. The van der Waals surface area contributed by atoms with Crippen molar-refractivity contribution in [2.75, 3.05) is 0 Å². The number of nitro benzene ring substituents is 1. The maximum absolute atomic E-state index is 11.2. The minimum atomic E-state index is -0.471. The Labute approximate surface area is 124 Å². The zero-order chi connectivity index (χ0) is 13.4. The van der Waals surface area contributed by atoms with Crippen LogP contribution in [-0.4, -0.2) is 20.5 Å². The molecule has 2 rings (SSSR count). The summed E-state index contributed by atoms with van der Waals surface area (Å²) in [6.45, 7) is 1.45. The van der Waals surface area contributed by atoms with Crippen LogP contribution in [0, 0.1) is 13.8 Å². The monoisotopic (exact) mass is 423 g/mol. The van der Waals surface area contributed by atoms with E-state index in [2.05, 4.69) is 21.0 Å². The highest BCUT2D eigenvalue weighted by atomic mass is 127. The topological polar surface area (TPSA) is 78.0 Å². The van der Waals surface area contributed by atoms with Crippen molar-refractivity contribution in [1.29, 1.82) is 0 Å². The van der Waals surface area contributed by atoms with Crippen molar-refractivity contribution in [3.63, 3.8) is 0 Å². The van der Waals surface area contributed by atoms with Gasteiger partial charge in [-0.05, 0) is 35.6 Å². The predicted molar refractivity (Wildman–Crippen MR) is 77.5 cm³/mol. The van der Waals surface area contributed by atoms with Gasteiger partial charge in [-0.3, -0.25) is 14.9 Å². The number of carbonyl (C=O) groups excluding carboxylic acids is 1. The number of carbonyl (C=O) groups is 1. The van der Waals surface area contributed by atoms with Gasteiger partial charge in [0.1, 0.15) is 15.8 Å². The first-order valence-corrected chi connectivity index (χ1v) is 6.76. The molecule has 2 aromatic rings. The first-order chi connectivity index (χ1) is 8.40. The van der Waals surface area contributed by atoms with E-state index in [1.165, 1.54) is 17.7 Å². The second-order valence-corrected chi connectivity index (χ2v) is 5.67. The molecule has 6 nitrogen and oxygen atoms in total. The molecule has 0 saturated carbocycles. The molecule has 0 aliphatic heterocycles. The van der Waals surface area contributed by atoms with Gasteiger partial charge in [-0.1, -0.05) is 15.9 Å². The van der Waals surface area contributed by atoms with Gasteiger partial charge >= 0.3 is 0 Å². The molecule has 0 fully saturated rings. The number of halogens is 2. The van der Waals surface area contributed by atoms with Gasteiger partial charge in [0.15, 0.2) is 5.78 Å². The van der Waals surface area contributed by atoms with Crippen molar-refractivity contribution in [1.82, 2.24) is 9.78 Å². The van der Waals surface area contributed by atoms with Crippen molar-refractivity contribution in [2.24, 2.45) is 0 Å². The van der Waals surface area contributed by atoms with Gasteiger partial charge in [0.2, 0.25) is 0 Å². The SMILES string of the molecule is CC(=O)Cn1nc(I)c2cc(Br)cc([N+](=O)[O-])c21. The Hall–Kier alpha value is -1.03. The molecule has 0 saturated heterocycles. The lowest BCUT2D eigenvalue weighted by molar-refractivity contribution is -0.383. The second-order valence-electron chi connectivity index (χ2n) is 3.73. The molecule has 0 atom stereocenters. The molecule has 1 aromatic carbocycles. The van der Waals surface area contributed by atoms with Crippen LogP contribution in [0.3, 0.4) is 0 Å². The maximum atomic E-state index is 11.2. The first kappa shape index (κ1) is 13.4. The lowest BCUT2D eigenvalue weighted by Crippen LogP contribution is -2.08. The number of fused-ring (bicyclic) bond motifs is 1. The quantitative estimate of drug-likeness (QED) is 0.432. The average molecular weight is 424 g/mol. The van der Waals surface area contributed by atoms with E-state index >= 15 is 0 Å². The molecule has 0 N–H and O–H groups in total. The molecule has 0 aliphatic rings. The van der Waals surface area contributed by atoms with Gasteiger partial charge in [0, 0.05) is 15.9 Å². The maximum Gasteiger partial charge on any atom is 0.296 e. The fraction of sp³-hybridized carbons (Fsp3) is 0.200. The Bertz CT molecular complexity index is 668. The molecule has 1 heterocycles. The summed E-state index contributed by atoms with van der Waals surface area (Å²) in [4.78, 5) is 21.8. The molecule has 0 aliphatic carbocycles. The highest BCUT2D eigenvalue weighted by Gasteiger charge is 2.21. The summed E-state index contributed by atoms with van der Waals surface area (Å²) in [5.74, 6) is -0.104.